The number of hydrogen-bond acceptors (Lipinski definition) is 2. The first kappa shape index (κ1) is 17.3. The van der Waals surface area contributed by atoms with Gasteiger partial charge in [0.05, 0.1) is 0 Å². The van der Waals surface area contributed by atoms with Crippen LogP contribution in [0.1, 0.15) is 43.0 Å². The smallest absolute Gasteiger partial charge is 0.151 e. The molecule has 26 heavy (non-hydrogen) atoms. The summed E-state index contributed by atoms with van der Waals surface area (Å²) in [5, 5.41) is 0. The molecule has 0 aliphatic carbocycles. The van der Waals surface area contributed by atoms with Crippen molar-refractivity contribution in [3.63, 3.8) is 0 Å². The van der Waals surface area contributed by atoms with E-state index in [0.717, 1.165) is 28.5 Å². The molecule has 126 valence electrons. The lowest BCUT2D eigenvalue weighted by Gasteiger charge is -2.08. The third kappa shape index (κ3) is 4.11. The van der Waals surface area contributed by atoms with E-state index in [1.165, 1.54) is 0 Å². The molecule has 0 aliphatic heterocycles. The zero-order chi connectivity index (χ0) is 18.2. The van der Waals surface area contributed by atoms with Crippen LogP contribution in [0.4, 0.5) is 0 Å². The van der Waals surface area contributed by atoms with Gasteiger partial charge < -0.3 is 0 Å². The Bertz CT molecular complexity index is 952. The van der Waals surface area contributed by atoms with Crippen LogP contribution in [-0.2, 0) is 0 Å². The van der Waals surface area contributed by atoms with Crippen LogP contribution in [0.3, 0.4) is 0 Å². The van der Waals surface area contributed by atoms with E-state index in [4.69, 9.17) is 0 Å². The Morgan fingerprint density at radius 3 is 1.54 bits per heavy atom. The summed E-state index contributed by atoms with van der Waals surface area (Å²) in [5.41, 5.74) is 4.51. The molecule has 0 spiro atoms. The first-order valence-corrected chi connectivity index (χ1v) is 8.35. The van der Waals surface area contributed by atoms with Gasteiger partial charge in [0.2, 0.25) is 0 Å². The SMILES string of the molecule is O=Cc1ccc(C=Cc2ccccc2)c(C=Cc2ccccc2)c1C=O. The van der Waals surface area contributed by atoms with Gasteiger partial charge in [0.1, 0.15) is 0 Å². The molecule has 0 radical (unpaired) electrons. The summed E-state index contributed by atoms with van der Waals surface area (Å²) < 4.78 is 0. The Labute approximate surface area is 153 Å². The average Bonchev–Trinajstić information content (AvgIpc) is 2.71. The minimum absolute atomic E-state index is 0.393. The van der Waals surface area contributed by atoms with Gasteiger partial charge in [0, 0.05) is 11.1 Å². The molecule has 0 atom stereocenters. The largest absolute Gasteiger partial charge is 0.298 e. The maximum Gasteiger partial charge on any atom is 0.151 e. The van der Waals surface area contributed by atoms with Crippen LogP contribution in [0.25, 0.3) is 24.3 Å². The summed E-state index contributed by atoms with van der Waals surface area (Å²) in [6.07, 6.45) is 9.24. The minimum Gasteiger partial charge on any atom is -0.298 e. The van der Waals surface area contributed by atoms with Gasteiger partial charge in [-0.15, -0.1) is 0 Å². The van der Waals surface area contributed by atoms with E-state index < -0.39 is 0 Å². The molecule has 3 aromatic carbocycles. The number of hydrogen-bond donors (Lipinski definition) is 0. The molecule has 3 rings (SSSR count). The van der Waals surface area contributed by atoms with Gasteiger partial charge in [0.25, 0.3) is 0 Å². The molecule has 2 heteroatoms. The molecule has 0 amide bonds. The summed E-state index contributed by atoms with van der Waals surface area (Å²) >= 11 is 0. The van der Waals surface area contributed by atoms with Crippen molar-refractivity contribution in [3.05, 3.63) is 106 Å². The number of carbonyl (C=O) groups excluding carboxylic acids is 2. The van der Waals surface area contributed by atoms with Crippen LogP contribution in [0, 0.1) is 0 Å². The van der Waals surface area contributed by atoms with Crippen molar-refractivity contribution in [2.75, 3.05) is 0 Å². The van der Waals surface area contributed by atoms with E-state index >= 15 is 0 Å². The lowest BCUT2D eigenvalue weighted by Crippen LogP contribution is -1.97. The monoisotopic (exact) mass is 338 g/mol. The molecular formula is C24H18O2. The van der Waals surface area contributed by atoms with Crippen LogP contribution < -0.4 is 0 Å². The first-order valence-electron chi connectivity index (χ1n) is 8.35. The Morgan fingerprint density at radius 2 is 1.00 bits per heavy atom. The van der Waals surface area contributed by atoms with Gasteiger partial charge in [-0.2, -0.15) is 0 Å². The summed E-state index contributed by atoms with van der Waals surface area (Å²) in [6, 6.07) is 23.3. The molecule has 0 saturated heterocycles. The lowest BCUT2D eigenvalue weighted by atomic mass is 9.95. The second-order valence-corrected chi connectivity index (χ2v) is 5.80. The van der Waals surface area contributed by atoms with Crippen molar-refractivity contribution in [1.29, 1.82) is 0 Å². The third-order valence-corrected chi connectivity index (χ3v) is 4.10. The van der Waals surface area contributed by atoms with E-state index in [0.29, 0.717) is 17.4 Å². The van der Waals surface area contributed by atoms with E-state index in [2.05, 4.69) is 0 Å². The summed E-state index contributed by atoms with van der Waals surface area (Å²) in [6.45, 7) is 0. The zero-order valence-electron chi connectivity index (χ0n) is 14.2. The minimum atomic E-state index is 0.393. The quantitative estimate of drug-likeness (QED) is 0.430. The summed E-state index contributed by atoms with van der Waals surface area (Å²) in [4.78, 5) is 22.9. The van der Waals surface area contributed by atoms with Gasteiger partial charge in [-0.1, -0.05) is 97.1 Å². The molecule has 0 bridgehead atoms. The molecule has 0 saturated carbocycles. The predicted octanol–water partition coefficient (Wildman–Crippen LogP) is 5.65. The van der Waals surface area contributed by atoms with Crippen molar-refractivity contribution < 1.29 is 9.59 Å². The predicted molar refractivity (Wildman–Crippen MR) is 108 cm³/mol. The van der Waals surface area contributed by atoms with Crippen molar-refractivity contribution in [2.24, 2.45) is 0 Å². The zero-order valence-corrected chi connectivity index (χ0v) is 14.2. The van der Waals surface area contributed by atoms with Crippen molar-refractivity contribution in [3.8, 4) is 0 Å². The molecule has 0 heterocycles. The van der Waals surface area contributed by atoms with Gasteiger partial charge in [-0.05, 0) is 22.3 Å². The standard InChI is InChI=1S/C24H18O2/c25-17-22-15-14-21(13-11-19-7-3-1-4-8-19)23(24(22)18-26)16-12-20-9-5-2-6-10-20/h1-18H. The fourth-order valence-corrected chi connectivity index (χ4v) is 2.73. The van der Waals surface area contributed by atoms with Crippen molar-refractivity contribution in [2.45, 2.75) is 0 Å². The highest BCUT2D eigenvalue weighted by molar-refractivity contribution is 5.97. The lowest BCUT2D eigenvalue weighted by molar-refractivity contribution is 0.109. The van der Waals surface area contributed by atoms with Gasteiger partial charge >= 0.3 is 0 Å². The van der Waals surface area contributed by atoms with E-state index in [-0.39, 0.29) is 0 Å². The number of benzene rings is 3. The normalized spacial score (nSPS) is 11.1. The first-order chi connectivity index (χ1) is 12.8. The molecule has 0 N–H and O–H groups in total. The molecule has 0 fully saturated rings. The number of aldehydes is 2. The Kier molecular flexibility index (Phi) is 5.69. The summed E-state index contributed by atoms with van der Waals surface area (Å²) in [7, 11) is 0. The fourth-order valence-electron chi connectivity index (χ4n) is 2.73. The molecule has 0 unspecified atom stereocenters. The van der Waals surface area contributed by atoms with Gasteiger partial charge in [0.15, 0.2) is 12.6 Å². The van der Waals surface area contributed by atoms with Crippen molar-refractivity contribution in [1.82, 2.24) is 0 Å². The van der Waals surface area contributed by atoms with Crippen LogP contribution in [0.2, 0.25) is 0 Å². The van der Waals surface area contributed by atoms with E-state index in [9.17, 15) is 9.59 Å². The molecular weight excluding hydrogens is 320 g/mol. The maximum atomic E-state index is 11.6. The molecule has 0 aliphatic rings. The highest BCUT2D eigenvalue weighted by Crippen LogP contribution is 2.22. The summed E-state index contributed by atoms with van der Waals surface area (Å²) in [5.74, 6) is 0. The molecule has 3 aromatic rings. The van der Waals surface area contributed by atoms with Gasteiger partial charge in [-0.3, -0.25) is 9.59 Å². The second kappa shape index (κ2) is 8.54. The third-order valence-electron chi connectivity index (χ3n) is 4.10. The Morgan fingerprint density at radius 1 is 0.462 bits per heavy atom. The maximum absolute atomic E-state index is 11.6. The number of carbonyl (C=O) groups is 2. The molecule has 0 aromatic heterocycles. The second-order valence-electron chi connectivity index (χ2n) is 5.80. The van der Waals surface area contributed by atoms with Crippen LogP contribution >= 0.6 is 0 Å². The van der Waals surface area contributed by atoms with Crippen molar-refractivity contribution >= 4 is 36.9 Å². The van der Waals surface area contributed by atoms with Crippen LogP contribution in [0.15, 0.2) is 72.8 Å². The van der Waals surface area contributed by atoms with Gasteiger partial charge in [-0.25, -0.2) is 0 Å². The highest BCUT2D eigenvalue weighted by atomic mass is 16.1. The fraction of sp³-hybridized carbons (Fsp3) is 0. The Hall–Kier alpha value is -3.52. The molecule has 2 nitrogen and oxygen atoms in total. The van der Waals surface area contributed by atoms with E-state index in [1.54, 1.807) is 6.07 Å². The van der Waals surface area contributed by atoms with E-state index in [1.807, 2.05) is 91.0 Å². The topological polar surface area (TPSA) is 34.1 Å². The van der Waals surface area contributed by atoms with Crippen LogP contribution in [0.5, 0.6) is 0 Å². The Balaban J connectivity index is 2.06. The van der Waals surface area contributed by atoms with Crippen LogP contribution in [-0.4, -0.2) is 12.6 Å². The highest BCUT2D eigenvalue weighted by Gasteiger charge is 2.09. The number of rotatable bonds is 6. The average molecular weight is 338 g/mol.